The van der Waals surface area contributed by atoms with Crippen LogP contribution < -0.4 is 5.32 Å². The first-order valence-electron chi connectivity index (χ1n) is 4.58. The van der Waals surface area contributed by atoms with Crippen molar-refractivity contribution in [1.29, 1.82) is 0 Å². The molecule has 0 aliphatic rings. The number of carbonyl (C=O) groups is 1. The highest BCUT2D eigenvalue weighted by Crippen LogP contribution is 2.16. The van der Waals surface area contributed by atoms with Gasteiger partial charge in [0.05, 0.1) is 0 Å². The largest absolute Gasteiger partial charge is 0.480 e. The molecular formula is C8H12ClN3O2S. The van der Waals surface area contributed by atoms with Gasteiger partial charge >= 0.3 is 5.97 Å². The van der Waals surface area contributed by atoms with E-state index >= 15 is 0 Å². The first-order valence-corrected chi connectivity index (χ1v) is 5.73. The van der Waals surface area contributed by atoms with E-state index in [9.17, 15) is 4.79 Å². The molecule has 0 aromatic carbocycles. The lowest BCUT2D eigenvalue weighted by atomic mass is 10.1. The van der Waals surface area contributed by atoms with Crippen molar-refractivity contribution in [3.63, 3.8) is 0 Å². The van der Waals surface area contributed by atoms with Crippen LogP contribution in [-0.4, -0.2) is 26.7 Å². The minimum Gasteiger partial charge on any atom is -0.480 e. The van der Waals surface area contributed by atoms with Crippen LogP contribution in [0.25, 0.3) is 0 Å². The highest BCUT2D eigenvalue weighted by atomic mass is 35.5. The van der Waals surface area contributed by atoms with E-state index in [4.69, 9.17) is 16.7 Å². The number of aliphatic carboxylic acids is 1. The average molecular weight is 250 g/mol. The van der Waals surface area contributed by atoms with E-state index in [-0.39, 0.29) is 0 Å². The molecule has 1 heterocycles. The highest BCUT2D eigenvalue weighted by Gasteiger charge is 2.16. The fourth-order valence-corrected chi connectivity index (χ4v) is 1.75. The monoisotopic (exact) mass is 249 g/mol. The Morgan fingerprint density at radius 3 is 2.93 bits per heavy atom. The second-order valence-corrected chi connectivity index (χ2v) is 4.41. The molecule has 0 radical (unpaired) electrons. The molecule has 0 aliphatic heterocycles. The lowest BCUT2D eigenvalue weighted by Gasteiger charge is -2.11. The van der Waals surface area contributed by atoms with Crippen LogP contribution in [0.15, 0.2) is 0 Å². The van der Waals surface area contributed by atoms with Crippen molar-refractivity contribution in [3.05, 3.63) is 10.0 Å². The Morgan fingerprint density at radius 2 is 2.47 bits per heavy atom. The molecule has 1 atom stereocenters. The molecule has 15 heavy (non-hydrogen) atoms. The first kappa shape index (κ1) is 12.4. The second-order valence-electron chi connectivity index (χ2n) is 3.05. The quantitative estimate of drug-likeness (QED) is 0.800. The van der Waals surface area contributed by atoms with Crippen LogP contribution in [0, 0.1) is 0 Å². The molecule has 0 spiro atoms. The molecule has 0 aliphatic carbocycles. The number of nitrogens with zero attached hydrogens (tertiary/aromatic N) is 2. The molecule has 7 heteroatoms. The lowest BCUT2D eigenvalue weighted by Crippen LogP contribution is -2.36. The van der Waals surface area contributed by atoms with Crippen LogP contribution in [0.5, 0.6) is 0 Å². The van der Waals surface area contributed by atoms with E-state index in [1.807, 2.05) is 6.92 Å². The predicted octanol–water partition coefficient (Wildman–Crippen LogP) is 1.53. The summed E-state index contributed by atoms with van der Waals surface area (Å²) in [5.74, 6) is -0.851. The maximum atomic E-state index is 10.8. The zero-order chi connectivity index (χ0) is 11.3. The molecule has 84 valence electrons. The number of carboxylic acids is 1. The molecule has 1 rings (SSSR count). The van der Waals surface area contributed by atoms with Crippen molar-refractivity contribution in [1.82, 2.24) is 14.9 Å². The number of carboxylic acid groups (broad SMARTS) is 1. The molecule has 0 saturated heterocycles. The third-order valence-electron chi connectivity index (χ3n) is 1.90. The van der Waals surface area contributed by atoms with Gasteiger partial charge in [0.1, 0.15) is 16.1 Å². The van der Waals surface area contributed by atoms with Gasteiger partial charge in [-0.1, -0.05) is 29.4 Å². The van der Waals surface area contributed by atoms with Crippen LogP contribution in [0.2, 0.25) is 4.34 Å². The van der Waals surface area contributed by atoms with E-state index in [2.05, 4.69) is 14.9 Å². The molecule has 5 nitrogen and oxygen atoms in total. The molecule has 1 aromatic rings. The van der Waals surface area contributed by atoms with E-state index in [1.165, 1.54) is 0 Å². The van der Waals surface area contributed by atoms with Gasteiger partial charge in [-0.05, 0) is 6.42 Å². The van der Waals surface area contributed by atoms with Crippen molar-refractivity contribution in [2.45, 2.75) is 32.4 Å². The number of nitrogens with one attached hydrogen (secondary N) is 1. The van der Waals surface area contributed by atoms with Crippen LogP contribution in [-0.2, 0) is 11.3 Å². The third-order valence-corrected chi connectivity index (χ3v) is 2.89. The molecule has 0 bridgehead atoms. The van der Waals surface area contributed by atoms with Gasteiger partial charge in [0, 0.05) is 18.1 Å². The Hall–Kier alpha value is -0.720. The minimum atomic E-state index is -0.851. The molecule has 1 unspecified atom stereocenters. The number of rotatable bonds is 6. The van der Waals surface area contributed by atoms with E-state index in [0.717, 1.165) is 18.0 Å². The van der Waals surface area contributed by atoms with Gasteiger partial charge in [0.25, 0.3) is 0 Å². The van der Waals surface area contributed by atoms with Crippen molar-refractivity contribution >= 4 is 29.1 Å². The van der Waals surface area contributed by atoms with Gasteiger partial charge in [-0.2, -0.15) is 0 Å². The van der Waals surface area contributed by atoms with Gasteiger partial charge in [0.2, 0.25) is 0 Å². The number of hydrogen-bond acceptors (Lipinski definition) is 5. The lowest BCUT2D eigenvalue weighted by molar-refractivity contribution is -0.139. The molecule has 0 amide bonds. The molecule has 0 fully saturated rings. The van der Waals surface area contributed by atoms with Crippen molar-refractivity contribution in [3.8, 4) is 0 Å². The summed E-state index contributed by atoms with van der Waals surface area (Å²) in [5, 5.41) is 15.5. The number of halogens is 1. The summed E-state index contributed by atoms with van der Waals surface area (Å²) in [7, 11) is 0. The average Bonchev–Trinajstić information content (AvgIpc) is 2.58. The zero-order valence-electron chi connectivity index (χ0n) is 8.23. The van der Waals surface area contributed by atoms with Crippen LogP contribution >= 0.6 is 23.1 Å². The Bertz CT molecular complexity index is 331. The SMILES string of the molecule is CCCC(NCc1nnsc1Cl)C(=O)O. The third kappa shape index (κ3) is 3.73. The minimum absolute atomic E-state index is 0.340. The van der Waals surface area contributed by atoms with Crippen molar-refractivity contribution in [2.75, 3.05) is 0 Å². The standard InChI is InChI=1S/C8H12ClN3O2S/c1-2-3-5(8(13)14)10-4-6-7(9)15-12-11-6/h5,10H,2-4H2,1H3,(H,13,14). The Labute approximate surface area is 96.6 Å². The summed E-state index contributed by atoms with van der Waals surface area (Å²) in [6.07, 6.45) is 1.40. The van der Waals surface area contributed by atoms with Crippen molar-refractivity contribution < 1.29 is 9.90 Å². The predicted molar refractivity (Wildman–Crippen MR) is 58.1 cm³/mol. The highest BCUT2D eigenvalue weighted by molar-refractivity contribution is 7.10. The fraction of sp³-hybridized carbons (Fsp3) is 0.625. The maximum absolute atomic E-state index is 10.8. The van der Waals surface area contributed by atoms with Crippen molar-refractivity contribution in [2.24, 2.45) is 0 Å². The number of aromatic nitrogens is 2. The van der Waals surface area contributed by atoms with E-state index in [1.54, 1.807) is 0 Å². The number of hydrogen-bond donors (Lipinski definition) is 2. The Kier molecular flexibility index (Phi) is 4.93. The maximum Gasteiger partial charge on any atom is 0.320 e. The fourth-order valence-electron chi connectivity index (χ4n) is 1.12. The first-order chi connectivity index (χ1) is 7.15. The summed E-state index contributed by atoms with van der Waals surface area (Å²) in [4.78, 5) is 10.8. The summed E-state index contributed by atoms with van der Waals surface area (Å²) >= 11 is 6.88. The van der Waals surface area contributed by atoms with Crippen LogP contribution in [0.4, 0.5) is 0 Å². The smallest absolute Gasteiger partial charge is 0.320 e. The van der Waals surface area contributed by atoms with E-state index in [0.29, 0.717) is 23.0 Å². The summed E-state index contributed by atoms with van der Waals surface area (Å²) < 4.78 is 4.17. The van der Waals surface area contributed by atoms with Gasteiger partial charge in [-0.3, -0.25) is 10.1 Å². The summed E-state index contributed by atoms with van der Waals surface area (Å²) in [6, 6.07) is -0.548. The van der Waals surface area contributed by atoms with Gasteiger partial charge in [-0.15, -0.1) is 5.10 Å². The molecular weight excluding hydrogens is 238 g/mol. The van der Waals surface area contributed by atoms with Crippen LogP contribution in [0.1, 0.15) is 25.5 Å². The Morgan fingerprint density at radius 1 is 1.73 bits per heavy atom. The second kappa shape index (κ2) is 5.99. The molecule has 2 N–H and O–H groups in total. The Balaban J connectivity index is 2.47. The summed E-state index contributed by atoms with van der Waals surface area (Å²) in [6.45, 7) is 2.28. The van der Waals surface area contributed by atoms with E-state index < -0.39 is 12.0 Å². The van der Waals surface area contributed by atoms with Gasteiger partial charge < -0.3 is 5.11 Å². The molecule has 1 aromatic heterocycles. The van der Waals surface area contributed by atoms with Gasteiger partial charge in [0.15, 0.2) is 0 Å². The van der Waals surface area contributed by atoms with Gasteiger partial charge in [-0.25, -0.2) is 0 Å². The summed E-state index contributed by atoms with van der Waals surface area (Å²) in [5.41, 5.74) is 0.601. The van der Waals surface area contributed by atoms with Crippen LogP contribution in [0.3, 0.4) is 0 Å². The topological polar surface area (TPSA) is 75.1 Å². The zero-order valence-corrected chi connectivity index (χ0v) is 9.81. The molecule has 0 saturated carbocycles. The normalized spacial score (nSPS) is 12.7.